The fourth-order valence-corrected chi connectivity index (χ4v) is 2.38. The maximum atomic E-state index is 12.7. The fourth-order valence-electron chi connectivity index (χ4n) is 1.86. The van der Waals surface area contributed by atoms with E-state index in [1.807, 2.05) is 0 Å². The first-order chi connectivity index (χ1) is 10.3. The Morgan fingerprint density at radius 3 is 2.18 bits per heavy atom. The van der Waals surface area contributed by atoms with Crippen LogP contribution in [0.1, 0.15) is 12.0 Å². The van der Waals surface area contributed by atoms with Crippen molar-refractivity contribution < 1.29 is 17.6 Å². The maximum absolute atomic E-state index is 12.7. The van der Waals surface area contributed by atoms with Crippen LogP contribution in [-0.2, 0) is 21.2 Å². The number of anilines is 1. The Bertz CT molecular complexity index is 756. The zero-order valence-electron chi connectivity index (χ0n) is 11.6. The van der Waals surface area contributed by atoms with E-state index in [4.69, 9.17) is 5.14 Å². The lowest BCUT2D eigenvalue weighted by atomic mass is 10.1. The Kier molecular flexibility index (Phi) is 4.89. The van der Waals surface area contributed by atoms with Crippen molar-refractivity contribution in [3.8, 4) is 0 Å². The van der Waals surface area contributed by atoms with Gasteiger partial charge >= 0.3 is 0 Å². The van der Waals surface area contributed by atoms with Crippen LogP contribution in [0, 0.1) is 5.82 Å². The minimum absolute atomic E-state index is 0.0343. The molecule has 3 N–H and O–H groups in total. The summed E-state index contributed by atoms with van der Waals surface area (Å²) in [5.41, 5.74) is 1.35. The minimum Gasteiger partial charge on any atom is -0.326 e. The number of aryl methyl sites for hydroxylation is 1. The van der Waals surface area contributed by atoms with Gasteiger partial charge in [-0.2, -0.15) is 0 Å². The van der Waals surface area contributed by atoms with Gasteiger partial charge < -0.3 is 5.32 Å². The average Bonchev–Trinajstić information content (AvgIpc) is 2.47. The highest BCUT2D eigenvalue weighted by atomic mass is 32.2. The number of hydrogen-bond donors (Lipinski definition) is 2. The highest BCUT2D eigenvalue weighted by Crippen LogP contribution is 2.12. The summed E-state index contributed by atoms with van der Waals surface area (Å²) < 4.78 is 35.0. The molecule has 0 spiro atoms. The van der Waals surface area contributed by atoms with E-state index >= 15 is 0 Å². The molecule has 0 aliphatic heterocycles. The van der Waals surface area contributed by atoms with Crippen molar-refractivity contribution in [3.05, 3.63) is 59.9 Å². The lowest BCUT2D eigenvalue weighted by Crippen LogP contribution is -2.13. The topological polar surface area (TPSA) is 89.3 Å². The van der Waals surface area contributed by atoms with Crippen molar-refractivity contribution >= 4 is 21.6 Å². The second-order valence-corrected chi connectivity index (χ2v) is 6.31. The van der Waals surface area contributed by atoms with Gasteiger partial charge in [0.05, 0.1) is 4.90 Å². The zero-order chi connectivity index (χ0) is 16.2. The molecule has 0 saturated heterocycles. The summed E-state index contributed by atoms with van der Waals surface area (Å²) in [6.45, 7) is 0. The summed E-state index contributed by atoms with van der Waals surface area (Å²) in [5.74, 6) is -0.574. The van der Waals surface area contributed by atoms with Crippen molar-refractivity contribution in [3.63, 3.8) is 0 Å². The molecule has 0 fully saturated rings. The molecule has 2 aromatic rings. The summed E-state index contributed by atoms with van der Waals surface area (Å²) in [4.78, 5) is 11.8. The molecule has 0 aromatic heterocycles. The Hall–Kier alpha value is -2.25. The molecule has 2 aromatic carbocycles. The normalized spacial score (nSPS) is 11.2. The van der Waals surface area contributed by atoms with Gasteiger partial charge in [0, 0.05) is 12.1 Å². The van der Waals surface area contributed by atoms with E-state index in [1.54, 1.807) is 12.1 Å². The summed E-state index contributed by atoms with van der Waals surface area (Å²) in [5, 5.41) is 7.66. The van der Waals surface area contributed by atoms with E-state index in [2.05, 4.69) is 5.32 Å². The minimum atomic E-state index is -3.70. The molecule has 0 aliphatic rings. The van der Waals surface area contributed by atoms with Gasteiger partial charge in [-0.3, -0.25) is 4.79 Å². The smallest absolute Gasteiger partial charge is 0.238 e. The molecule has 7 heteroatoms. The molecule has 22 heavy (non-hydrogen) atoms. The number of nitrogens with two attached hydrogens (primary N) is 1. The van der Waals surface area contributed by atoms with Crippen LogP contribution in [0.4, 0.5) is 10.1 Å². The highest BCUT2D eigenvalue weighted by molar-refractivity contribution is 7.89. The van der Waals surface area contributed by atoms with Crippen LogP contribution in [0.3, 0.4) is 0 Å². The van der Waals surface area contributed by atoms with Gasteiger partial charge in [-0.15, -0.1) is 0 Å². The summed E-state index contributed by atoms with van der Waals surface area (Å²) in [6.07, 6.45) is 0.685. The van der Waals surface area contributed by atoms with Crippen molar-refractivity contribution in [1.82, 2.24) is 0 Å². The highest BCUT2D eigenvalue weighted by Gasteiger charge is 2.08. The monoisotopic (exact) mass is 322 g/mol. The number of benzene rings is 2. The average molecular weight is 322 g/mol. The van der Waals surface area contributed by atoms with Gasteiger partial charge in [-0.25, -0.2) is 17.9 Å². The third-order valence-electron chi connectivity index (χ3n) is 3.02. The van der Waals surface area contributed by atoms with Crippen LogP contribution in [0.5, 0.6) is 0 Å². The van der Waals surface area contributed by atoms with E-state index < -0.39 is 10.0 Å². The third-order valence-corrected chi connectivity index (χ3v) is 3.95. The molecule has 0 aliphatic carbocycles. The number of carbonyl (C=O) groups excluding carboxylic acids is 1. The lowest BCUT2D eigenvalue weighted by molar-refractivity contribution is -0.116. The van der Waals surface area contributed by atoms with Crippen LogP contribution in [0.2, 0.25) is 0 Å². The van der Waals surface area contributed by atoms with E-state index in [0.717, 1.165) is 5.56 Å². The largest absolute Gasteiger partial charge is 0.326 e. The van der Waals surface area contributed by atoms with Gasteiger partial charge in [0.1, 0.15) is 5.82 Å². The number of sulfonamides is 1. The fraction of sp³-hybridized carbons (Fsp3) is 0.133. The van der Waals surface area contributed by atoms with E-state index in [1.165, 1.54) is 36.4 Å². The predicted molar refractivity (Wildman–Crippen MR) is 81.2 cm³/mol. The zero-order valence-corrected chi connectivity index (χ0v) is 12.4. The lowest BCUT2D eigenvalue weighted by Gasteiger charge is -2.06. The van der Waals surface area contributed by atoms with Gasteiger partial charge in [0.15, 0.2) is 0 Å². The number of amides is 1. The standard InChI is InChI=1S/C15H15FN2O3S/c16-12-4-6-13(7-5-12)18-15(19)10-3-11-1-8-14(9-2-11)22(17,20)21/h1-2,4-9H,3,10H2,(H,18,19)(H2,17,20,21). The molecular formula is C15H15FN2O3S. The predicted octanol–water partition coefficient (Wildman–Crippen LogP) is 2.04. The first-order valence-electron chi connectivity index (χ1n) is 6.52. The number of halogens is 1. The second-order valence-electron chi connectivity index (χ2n) is 4.74. The molecule has 5 nitrogen and oxygen atoms in total. The molecule has 116 valence electrons. The SMILES string of the molecule is NS(=O)(=O)c1ccc(CCC(=O)Nc2ccc(F)cc2)cc1. The van der Waals surface area contributed by atoms with Crippen molar-refractivity contribution in [2.45, 2.75) is 17.7 Å². The molecule has 0 atom stereocenters. The van der Waals surface area contributed by atoms with Crippen LogP contribution in [-0.4, -0.2) is 14.3 Å². The van der Waals surface area contributed by atoms with Gasteiger partial charge in [-0.05, 0) is 48.4 Å². The first-order valence-corrected chi connectivity index (χ1v) is 8.06. The molecule has 2 rings (SSSR count). The molecule has 1 amide bonds. The number of hydrogen-bond acceptors (Lipinski definition) is 3. The van der Waals surface area contributed by atoms with Gasteiger partial charge in [0.2, 0.25) is 15.9 Å². The Morgan fingerprint density at radius 1 is 1.05 bits per heavy atom. The summed E-state index contributed by atoms with van der Waals surface area (Å²) in [6, 6.07) is 11.5. The van der Waals surface area contributed by atoms with E-state index in [9.17, 15) is 17.6 Å². The molecular weight excluding hydrogens is 307 g/mol. The van der Waals surface area contributed by atoms with Crippen LogP contribution >= 0.6 is 0 Å². The van der Waals surface area contributed by atoms with Gasteiger partial charge in [0.25, 0.3) is 0 Å². The Balaban J connectivity index is 1.89. The number of carbonyl (C=O) groups is 1. The quantitative estimate of drug-likeness (QED) is 0.883. The van der Waals surface area contributed by atoms with Gasteiger partial charge in [-0.1, -0.05) is 12.1 Å². The van der Waals surface area contributed by atoms with E-state index in [-0.39, 0.29) is 23.0 Å². The van der Waals surface area contributed by atoms with Crippen molar-refractivity contribution in [2.24, 2.45) is 5.14 Å². The van der Waals surface area contributed by atoms with Crippen LogP contribution < -0.4 is 10.5 Å². The summed E-state index contributed by atoms with van der Waals surface area (Å²) >= 11 is 0. The van der Waals surface area contributed by atoms with Crippen LogP contribution in [0.15, 0.2) is 53.4 Å². The number of primary sulfonamides is 1. The molecule has 0 bridgehead atoms. The Labute approximate surface area is 128 Å². The second kappa shape index (κ2) is 6.67. The van der Waals surface area contributed by atoms with E-state index in [0.29, 0.717) is 12.1 Å². The number of nitrogens with one attached hydrogen (secondary N) is 1. The third kappa shape index (κ3) is 4.64. The molecule has 0 saturated carbocycles. The maximum Gasteiger partial charge on any atom is 0.238 e. The summed E-state index contributed by atoms with van der Waals surface area (Å²) in [7, 11) is -3.70. The molecule has 0 heterocycles. The van der Waals surface area contributed by atoms with Crippen molar-refractivity contribution in [1.29, 1.82) is 0 Å². The first kappa shape index (κ1) is 16.1. The van der Waals surface area contributed by atoms with Crippen LogP contribution in [0.25, 0.3) is 0 Å². The molecule has 0 radical (unpaired) electrons. The number of rotatable bonds is 5. The van der Waals surface area contributed by atoms with Crippen molar-refractivity contribution in [2.75, 3.05) is 5.32 Å². The molecule has 0 unspecified atom stereocenters. The Morgan fingerprint density at radius 2 is 1.64 bits per heavy atom.